The Kier molecular flexibility index (Phi) is 6.30. The Morgan fingerprint density at radius 2 is 2.13 bits per heavy atom. The van der Waals surface area contributed by atoms with Crippen molar-refractivity contribution in [2.24, 2.45) is 0 Å². The normalized spacial score (nSPS) is 13.0. The van der Waals surface area contributed by atoms with Gasteiger partial charge >= 0.3 is 0 Å². The molecule has 1 atom stereocenters. The number of rotatable bonds is 7. The summed E-state index contributed by atoms with van der Waals surface area (Å²) in [4.78, 5) is 1.37. The molecule has 0 aliphatic heterocycles. The predicted molar refractivity (Wildman–Crippen MR) is 69.9 cm³/mol. The SMILES string of the molecule is CCCCCC(NCC)c1ccc(Cl)s1. The third kappa shape index (κ3) is 4.54. The van der Waals surface area contributed by atoms with Crippen molar-refractivity contribution in [3.63, 3.8) is 0 Å². The summed E-state index contributed by atoms with van der Waals surface area (Å²) in [6, 6.07) is 4.64. The lowest BCUT2D eigenvalue weighted by atomic mass is 10.1. The second kappa shape index (κ2) is 7.26. The van der Waals surface area contributed by atoms with E-state index in [0.717, 1.165) is 10.9 Å². The molecule has 86 valence electrons. The van der Waals surface area contributed by atoms with Crippen molar-refractivity contribution < 1.29 is 0 Å². The molecule has 1 N–H and O–H groups in total. The van der Waals surface area contributed by atoms with Gasteiger partial charge in [-0.25, -0.2) is 0 Å². The Hall–Kier alpha value is -0.0500. The van der Waals surface area contributed by atoms with Crippen LogP contribution < -0.4 is 5.32 Å². The number of halogens is 1. The molecule has 0 amide bonds. The van der Waals surface area contributed by atoms with Gasteiger partial charge in [0, 0.05) is 10.9 Å². The van der Waals surface area contributed by atoms with Crippen LogP contribution >= 0.6 is 22.9 Å². The number of unbranched alkanes of at least 4 members (excludes halogenated alkanes) is 2. The average molecular weight is 246 g/mol. The number of thiophene rings is 1. The lowest BCUT2D eigenvalue weighted by Crippen LogP contribution is -2.19. The van der Waals surface area contributed by atoms with Crippen molar-refractivity contribution in [3.05, 3.63) is 21.3 Å². The molecule has 0 spiro atoms. The zero-order valence-electron chi connectivity index (χ0n) is 9.55. The molecule has 0 fully saturated rings. The van der Waals surface area contributed by atoms with Crippen LogP contribution in [0, 0.1) is 0 Å². The van der Waals surface area contributed by atoms with Crippen LogP contribution in [0.3, 0.4) is 0 Å². The average Bonchev–Trinajstić information content (AvgIpc) is 2.64. The van der Waals surface area contributed by atoms with Crippen molar-refractivity contribution in [2.75, 3.05) is 6.54 Å². The Bertz CT molecular complexity index is 272. The molecule has 0 saturated heterocycles. The first-order chi connectivity index (χ1) is 7.27. The second-order valence-corrected chi connectivity index (χ2v) is 5.49. The molecule has 3 heteroatoms. The molecular weight excluding hydrogens is 226 g/mol. The van der Waals surface area contributed by atoms with Gasteiger partial charge in [0.1, 0.15) is 0 Å². The van der Waals surface area contributed by atoms with Crippen LogP contribution in [0.2, 0.25) is 4.34 Å². The third-order valence-corrected chi connectivity index (χ3v) is 3.83. The Morgan fingerprint density at radius 1 is 1.33 bits per heavy atom. The molecule has 1 aromatic heterocycles. The van der Waals surface area contributed by atoms with E-state index >= 15 is 0 Å². The summed E-state index contributed by atoms with van der Waals surface area (Å²) >= 11 is 7.65. The fourth-order valence-electron chi connectivity index (χ4n) is 1.71. The van der Waals surface area contributed by atoms with Gasteiger partial charge in [-0.2, -0.15) is 0 Å². The van der Waals surface area contributed by atoms with E-state index < -0.39 is 0 Å². The van der Waals surface area contributed by atoms with Gasteiger partial charge in [-0.1, -0.05) is 44.7 Å². The van der Waals surface area contributed by atoms with Crippen LogP contribution in [-0.2, 0) is 0 Å². The largest absolute Gasteiger partial charge is 0.310 e. The zero-order valence-corrected chi connectivity index (χ0v) is 11.1. The highest BCUT2D eigenvalue weighted by molar-refractivity contribution is 7.16. The maximum absolute atomic E-state index is 5.96. The molecule has 1 nitrogen and oxygen atoms in total. The highest BCUT2D eigenvalue weighted by Crippen LogP contribution is 2.29. The molecular formula is C12H20ClNS. The van der Waals surface area contributed by atoms with Gasteiger partial charge in [0.05, 0.1) is 4.34 Å². The molecule has 1 rings (SSSR count). The monoisotopic (exact) mass is 245 g/mol. The lowest BCUT2D eigenvalue weighted by Gasteiger charge is -2.15. The lowest BCUT2D eigenvalue weighted by molar-refractivity contribution is 0.493. The van der Waals surface area contributed by atoms with Gasteiger partial charge in [0.25, 0.3) is 0 Å². The van der Waals surface area contributed by atoms with E-state index in [1.165, 1.54) is 30.6 Å². The zero-order chi connectivity index (χ0) is 11.1. The predicted octanol–water partition coefficient (Wildman–Crippen LogP) is 4.63. The van der Waals surface area contributed by atoms with E-state index in [-0.39, 0.29) is 0 Å². The van der Waals surface area contributed by atoms with Gasteiger partial charge < -0.3 is 5.32 Å². The van der Waals surface area contributed by atoms with Gasteiger partial charge in [-0.3, -0.25) is 0 Å². The molecule has 1 aromatic rings. The van der Waals surface area contributed by atoms with E-state index in [4.69, 9.17) is 11.6 Å². The molecule has 15 heavy (non-hydrogen) atoms. The molecule has 0 aliphatic rings. The Labute approximate surface area is 102 Å². The topological polar surface area (TPSA) is 12.0 Å². The number of nitrogens with one attached hydrogen (secondary N) is 1. The van der Waals surface area contributed by atoms with Crippen LogP contribution in [0.25, 0.3) is 0 Å². The summed E-state index contributed by atoms with van der Waals surface area (Å²) in [5.41, 5.74) is 0. The molecule has 0 radical (unpaired) electrons. The molecule has 0 bridgehead atoms. The summed E-state index contributed by atoms with van der Waals surface area (Å²) in [6.45, 7) is 5.42. The van der Waals surface area contributed by atoms with Crippen LogP contribution in [-0.4, -0.2) is 6.54 Å². The van der Waals surface area contributed by atoms with E-state index in [2.05, 4.69) is 25.2 Å². The Morgan fingerprint density at radius 3 is 2.67 bits per heavy atom. The molecule has 1 unspecified atom stereocenters. The van der Waals surface area contributed by atoms with Crippen molar-refractivity contribution in [3.8, 4) is 0 Å². The first-order valence-corrected chi connectivity index (χ1v) is 6.96. The molecule has 1 heterocycles. The maximum Gasteiger partial charge on any atom is 0.0931 e. The van der Waals surface area contributed by atoms with E-state index in [9.17, 15) is 0 Å². The fraction of sp³-hybridized carbons (Fsp3) is 0.667. The van der Waals surface area contributed by atoms with Gasteiger partial charge in [0.15, 0.2) is 0 Å². The molecule has 0 aromatic carbocycles. The van der Waals surface area contributed by atoms with E-state index in [0.29, 0.717) is 6.04 Å². The third-order valence-electron chi connectivity index (χ3n) is 2.48. The summed E-state index contributed by atoms with van der Waals surface area (Å²) in [7, 11) is 0. The van der Waals surface area contributed by atoms with Crippen LogP contribution in [0.5, 0.6) is 0 Å². The second-order valence-electron chi connectivity index (χ2n) is 3.75. The van der Waals surface area contributed by atoms with Crippen LogP contribution in [0.1, 0.15) is 50.4 Å². The summed E-state index contributed by atoms with van der Waals surface area (Å²) < 4.78 is 0.892. The van der Waals surface area contributed by atoms with Crippen molar-refractivity contribution >= 4 is 22.9 Å². The van der Waals surface area contributed by atoms with Gasteiger partial charge in [0.2, 0.25) is 0 Å². The number of hydrogen-bond donors (Lipinski definition) is 1. The smallest absolute Gasteiger partial charge is 0.0931 e. The summed E-state index contributed by atoms with van der Waals surface area (Å²) in [5, 5.41) is 3.52. The Balaban J connectivity index is 2.49. The standard InChI is InChI=1S/C12H20ClNS/c1-3-5-6-7-10(14-4-2)11-8-9-12(13)15-11/h8-10,14H,3-7H2,1-2H3. The van der Waals surface area contributed by atoms with Crippen molar-refractivity contribution in [1.82, 2.24) is 5.32 Å². The fourth-order valence-corrected chi connectivity index (χ4v) is 2.88. The number of hydrogen-bond acceptors (Lipinski definition) is 2. The highest BCUT2D eigenvalue weighted by atomic mass is 35.5. The van der Waals surface area contributed by atoms with Crippen LogP contribution in [0.15, 0.2) is 12.1 Å². The first kappa shape index (κ1) is 13.0. The first-order valence-electron chi connectivity index (χ1n) is 5.76. The van der Waals surface area contributed by atoms with Crippen molar-refractivity contribution in [1.29, 1.82) is 0 Å². The molecule has 0 saturated carbocycles. The van der Waals surface area contributed by atoms with Crippen LogP contribution in [0.4, 0.5) is 0 Å². The molecule has 0 aliphatic carbocycles. The minimum Gasteiger partial charge on any atom is -0.310 e. The van der Waals surface area contributed by atoms with Gasteiger partial charge in [-0.05, 0) is 25.1 Å². The minimum absolute atomic E-state index is 0.499. The van der Waals surface area contributed by atoms with Crippen molar-refractivity contribution in [2.45, 2.75) is 45.6 Å². The van der Waals surface area contributed by atoms with E-state index in [1.807, 2.05) is 6.07 Å². The summed E-state index contributed by atoms with van der Waals surface area (Å²) in [5.74, 6) is 0. The van der Waals surface area contributed by atoms with Gasteiger partial charge in [-0.15, -0.1) is 11.3 Å². The summed E-state index contributed by atoms with van der Waals surface area (Å²) in [6.07, 6.45) is 5.12. The maximum atomic E-state index is 5.96. The highest BCUT2D eigenvalue weighted by Gasteiger charge is 2.11. The quantitative estimate of drug-likeness (QED) is 0.691. The minimum atomic E-state index is 0.499. The van der Waals surface area contributed by atoms with E-state index in [1.54, 1.807) is 11.3 Å².